The first-order valence-corrected chi connectivity index (χ1v) is 7.07. The maximum Gasteiger partial charge on any atom is 0.183 e. The number of halogens is 5. The van der Waals surface area contributed by atoms with Crippen LogP contribution in [-0.2, 0) is 5.88 Å². The highest BCUT2D eigenvalue weighted by atomic mass is 79.9. The molecule has 3 rings (SSSR count). The fraction of sp³-hybridized carbons (Fsp3) is 0.0769. The first kappa shape index (κ1) is 14.3. The van der Waals surface area contributed by atoms with Crippen LogP contribution in [0.1, 0.15) is 5.82 Å². The molecule has 0 amide bonds. The fourth-order valence-corrected chi connectivity index (χ4v) is 2.53. The second-order valence-electron chi connectivity index (χ2n) is 4.21. The van der Waals surface area contributed by atoms with Crippen LogP contribution in [0.2, 0.25) is 0 Å². The first-order valence-electron chi connectivity index (χ1n) is 5.75. The number of hydrogen-bond donors (Lipinski definition) is 0. The van der Waals surface area contributed by atoms with Gasteiger partial charge in [0.15, 0.2) is 17.3 Å². The van der Waals surface area contributed by atoms with Crippen molar-refractivity contribution in [1.82, 2.24) is 14.5 Å². The Balaban J connectivity index is 2.39. The van der Waals surface area contributed by atoms with E-state index < -0.39 is 17.5 Å². The Morgan fingerprint density at radius 2 is 1.95 bits per heavy atom. The number of aromatic nitrogens is 3. The van der Waals surface area contributed by atoms with Gasteiger partial charge in [0.2, 0.25) is 0 Å². The van der Waals surface area contributed by atoms with Gasteiger partial charge in [-0.3, -0.25) is 4.57 Å². The SMILES string of the molecule is Fc1cc(F)c(F)c(-n2c(CCl)nc3cc(Br)cnc32)c1. The molecule has 2 aromatic heterocycles. The zero-order valence-corrected chi connectivity index (χ0v) is 12.6. The van der Waals surface area contributed by atoms with E-state index in [1.165, 1.54) is 10.8 Å². The van der Waals surface area contributed by atoms with Crippen LogP contribution in [0.3, 0.4) is 0 Å². The molecule has 2 heterocycles. The van der Waals surface area contributed by atoms with Gasteiger partial charge in [-0.2, -0.15) is 0 Å². The highest BCUT2D eigenvalue weighted by Crippen LogP contribution is 2.26. The van der Waals surface area contributed by atoms with Gasteiger partial charge in [-0.25, -0.2) is 23.1 Å². The predicted molar refractivity (Wildman–Crippen MR) is 76.0 cm³/mol. The first-order chi connectivity index (χ1) is 10.0. The maximum absolute atomic E-state index is 14.0. The van der Waals surface area contributed by atoms with Crippen LogP contribution >= 0.6 is 27.5 Å². The van der Waals surface area contributed by atoms with Crippen LogP contribution in [0.5, 0.6) is 0 Å². The molecule has 0 atom stereocenters. The van der Waals surface area contributed by atoms with E-state index in [0.717, 1.165) is 6.07 Å². The minimum absolute atomic E-state index is 0.0639. The summed E-state index contributed by atoms with van der Waals surface area (Å²) in [7, 11) is 0. The van der Waals surface area contributed by atoms with Crippen LogP contribution in [0.25, 0.3) is 16.9 Å². The average Bonchev–Trinajstić information content (AvgIpc) is 2.80. The van der Waals surface area contributed by atoms with Gasteiger partial charge in [0.25, 0.3) is 0 Å². The third-order valence-corrected chi connectivity index (χ3v) is 3.54. The van der Waals surface area contributed by atoms with Crippen molar-refractivity contribution >= 4 is 38.7 Å². The van der Waals surface area contributed by atoms with E-state index in [1.807, 2.05) is 0 Å². The molecule has 0 unspecified atom stereocenters. The van der Waals surface area contributed by atoms with Crippen LogP contribution in [0, 0.1) is 17.5 Å². The summed E-state index contributed by atoms with van der Waals surface area (Å²) in [6.45, 7) is 0. The monoisotopic (exact) mass is 375 g/mol. The lowest BCUT2D eigenvalue weighted by Crippen LogP contribution is -2.05. The molecule has 0 aliphatic heterocycles. The van der Waals surface area contributed by atoms with E-state index in [1.54, 1.807) is 6.07 Å². The average molecular weight is 377 g/mol. The van der Waals surface area contributed by atoms with E-state index in [-0.39, 0.29) is 23.0 Å². The molecule has 21 heavy (non-hydrogen) atoms. The molecule has 0 spiro atoms. The Kier molecular flexibility index (Phi) is 3.62. The van der Waals surface area contributed by atoms with Crippen molar-refractivity contribution in [3.05, 3.63) is 52.1 Å². The van der Waals surface area contributed by atoms with Crippen molar-refractivity contribution in [3.63, 3.8) is 0 Å². The van der Waals surface area contributed by atoms with E-state index in [2.05, 4.69) is 25.9 Å². The normalized spacial score (nSPS) is 11.3. The second-order valence-corrected chi connectivity index (χ2v) is 5.40. The van der Waals surface area contributed by atoms with Crippen molar-refractivity contribution in [3.8, 4) is 5.69 Å². The van der Waals surface area contributed by atoms with Crippen LogP contribution in [0.4, 0.5) is 13.2 Å². The highest BCUT2D eigenvalue weighted by Gasteiger charge is 2.19. The predicted octanol–water partition coefficient (Wildman–Crippen LogP) is 4.34. The molecule has 1 aromatic carbocycles. The zero-order valence-electron chi connectivity index (χ0n) is 10.2. The molecule has 0 bridgehead atoms. The van der Waals surface area contributed by atoms with Gasteiger partial charge in [0.05, 0.1) is 11.6 Å². The van der Waals surface area contributed by atoms with Crippen LogP contribution in [0.15, 0.2) is 28.9 Å². The summed E-state index contributed by atoms with van der Waals surface area (Å²) < 4.78 is 42.7. The molecule has 0 fully saturated rings. The molecule has 3 nitrogen and oxygen atoms in total. The summed E-state index contributed by atoms with van der Waals surface area (Å²) in [5.41, 5.74) is 0.377. The standard InChI is InChI=1S/C13H6BrClF3N3/c14-6-1-9-13(19-5-6)21(11(4-15)20-9)10-3-7(16)2-8(17)12(10)18/h1-3,5H,4H2. The molecule has 0 saturated heterocycles. The fourth-order valence-electron chi connectivity index (χ4n) is 2.04. The lowest BCUT2D eigenvalue weighted by molar-refractivity contribution is 0.490. The highest BCUT2D eigenvalue weighted by molar-refractivity contribution is 9.10. The number of nitrogens with zero attached hydrogens (tertiary/aromatic N) is 3. The minimum Gasteiger partial charge on any atom is -0.276 e. The number of pyridine rings is 1. The number of imidazole rings is 1. The summed E-state index contributed by atoms with van der Waals surface area (Å²) in [4.78, 5) is 8.31. The van der Waals surface area contributed by atoms with Gasteiger partial charge in [0.1, 0.15) is 17.2 Å². The van der Waals surface area contributed by atoms with Gasteiger partial charge >= 0.3 is 0 Å². The third kappa shape index (κ3) is 2.40. The van der Waals surface area contributed by atoms with Gasteiger partial charge in [-0.15, -0.1) is 11.6 Å². The Bertz CT molecular complexity index is 850. The van der Waals surface area contributed by atoms with Gasteiger partial charge in [-0.1, -0.05) is 0 Å². The lowest BCUT2D eigenvalue weighted by Gasteiger charge is -2.09. The van der Waals surface area contributed by atoms with Crippen molar-refractivity contribution in [1.29, 1.82) is 0 Å². The molecule has 0 saturated carbocycles. The largest absolute Gasteiger partial charge is 0.276 e. The summed E-state index contributed by atoms with van der Waals surface area (Å²) in [5, 5.41) is 0. The Morgan fingerprint density at radius 1 is 1.19 bits per heavy atom. The molecule has 3 aromatic rings. The van der Waals surface area contributed by atoms with Crippen molar-refractivity contribution in [2.75, 3.05) is 0 Å². The lowest BCUT2D eigenvalue weighted by atomic mass is 10.2. The number of alkyl halides is 1. The minimum atomic E-state index is -1.29. The van der Waals surface area contributed by atoms with Crippen molar-refractivity contribution in [2.45, 2.75) is 5.88 Å². The molecular formula is C13H6BrClF3N3. The molecule has 0 aliphatic rings. The molecule has 0 radical (unpaired) electrons. The second kappa shape index (κ2) is 5.31. The zero-order chi connectivity index (χ0) is 15.1. The molecule has 0 aliphatic carbocycles. The van der Waals surface area contributed by atoms with Gasteiger partial charge in [0, 0.05) is 22.8 Å². The molecule has 108 valence electrons. The summed E-state index contributed by atoms with van der Waals surface area (Å²) in [6, 6.07) is 3.00. The van der Waals surface area contributed by atoms with E-state index in [4.69, 9.17) is 11.6 Å². The Hall–Kier alpha value is -1.60. The summed E-state index contributed by atoms with van der Waals surface area (Å²) in [6.07, 6.45) is 1.48. The van der Waals surface area contributed by atoms with E-state index in [9.17, 15) is 13.2 Å². The van der Waals surface area contributed by atoms with E-state index in [0.29, 0.717) is 16.1 Å². The summed E-state index contributed by atoms with van der Waals surface area (Å²) >= 11 is 9.04. The summed E-state index contributed by atoms with van der Waals surface area (Å²) in [5.74, 6) is -3.20. The maximum atomic E-state index is 14.0. The van der Waals surface area contributed by atoms with Crippen LogP contribution < -0.4 is 0 Å². The van der Waals surface area contributed by atoms with Gasteiger partial charge < -0.3 is 0 Å². The van der Waals surface area contributed by atoms with Crippen molar-refractivity contribution in [2.24, 2.45) is 0 Å². The van der Waals surface area contributed by atoms with Crippen LogP contribution in [-0.4, -0.2) is 14.5 Å². The third-order valence-electron chi connectivity index (χ3n) is 2.87. The molecule has 8 heteroatoms. The Labute approximate surface area is 130 Å². The Morgan fingerprint density at radius 3 is 2.67 bits per heavy atom. The van der Waals surface area contributed by atoms with Crippen molar-refractivity contribution < 1.29 is 13.2 Å². The van der Waals surface area contributed by atoms with E-state index >= 15 is 0 Å². The number of fused-ring (bicyclic) bond motifs is 1. The smallest absolute Gasteiger partial charge is 0.183 e. The van der Waals surface area contributed by atoms with Gasteiger partial charge in [-0.05, 0) is 22.0 Å². The number of hydrogen-bond acceptors (Lipinski definition) is 2. The number of rotatable bonds is 2. The topological polar surface area (TPSA) is 30.7 Å². The quantitative estimate of drug-likeness (QED) is 0.492. The molecule has 0 N–H and O–H groups in total. The molecular weight excluding hydrogens is 371 g/mol. The number of benzene rings is 1.